The normalized spacial score (nSPS) is 28.8. The maximum Gasteiger partial charge on any atom is 0.316 e. The van der Waals surface area contributed by atoms with Gasteiger partial charge in [-0.05, 0) is 17.7 Å². The second-order valence-electron chi connectivity index (χ2n) is 7.33. The van der Waals surface area contributed by atoms with Gasteiger partial charge in [0.15, 0.2) is 0 Å². The van der Waals surface area contributed by atoms with Crippen molar-refractivity contribution in [2.75, 3.05) is 20.7 Å². The fourth-order valence-corrected chi connectivity index (χ4v) is 4.45. The number of benzene rings is 1. The van der Waals surface area contributed by atoms with E-state index >= 15 is 0 Å². The zero-order chi connectivity index (χ0) is 16.6. The molecule has 0 aliphatic carbocycles. The van der Waals surface area contributed by atoms with Crippen molar-refractivity contribution in [3.8, 4) is 0 Å². The van der Waals surface area contributed by atoms with Crippen molar-refractivity contribution in [2.45, 2.75) is 49.8 Å². The van der Waals surface area contributed by atoms with Crippen LogP contribution in [0.2, 0.25) is 0 Å². The van der Waals surface area contributed by atoms with E-state index in [1.54, 1.807) is 0 Å². The van der Waals surface area contributed by atoms with E-state index in [2.05, 4.69) is 30.0 Å². The van der Waals surface area contributed by atoms with Crippen LogP contribution in [0.15, 0.2) is 28.7 Å². The Hall–Kier alpha value is -0.180. The van der Waals surface area contributed by atoms with Crippen LogP contribution in [-0.4, -0.2) is 54.4 Å². The van der Waals surface area contributed by atoms with E-state index in [1.807, 2.05) is 24.3 Å². The molecule has 0 saturated carbocycles. The number of hydrogen-bond donors (Lipinski definition) is 1. The molecule has 1 aromatic rings. The number of hydrogen-bond acceptors (Lipinski definition) is 3. The van der Waals surface area contributed by atoms with Crippen molar-refractivity contribution in [3.63, 3.8) is 0 Å². The summed E-state index contributed by atoms with van der Waals surface area (Å²) in [5, 5.41) is 9.63. The fourth-order valence-electron chi connectivity index (χ4n) is 4.18. The van der Waals surface area contributed by atoms with E-state index in [4.69, 9.17) is 4.74 Å². The Morgan fingerprint density at radius 2 is 1.79 bits per heavy atom. The van der Waals surface area contributed by atoms with Gasteiger partial charge in [-0.25, -0.2) is 0 Å². The van der Waals surface area contributed by atoms with Crippen LogP contribution in [0.5, 0.6) is 0 Å². The highest BCUT2D eigenvalue weighted by atomic mass is 127. The third-order valence-electron chi connectivity index (χ3n) is 5.81. The number of fused-ring (bicyclic) bond motifs is 2. The first kappa shape index (κ1) is 20.1. The SMILES string of the molecule is C[N+]1(C)[C@@H]2CC[C@H]1CC(OC(=O)[C@@H](CO)c1ccc(Br)cc1)C2.[I-]. The van der Waals surface area contributed by atoms with Crippen molar-refractivity contribution in [3.05, 3.63) is 34.3 Å². The molecule has 0 amide bonds. The number of esters is 1. The Kier molecular flexibility index (Phi) is 6.72. The average molecular weight is 510 g/mol. The van der Waals surface area contributed by atoms with Gasteiger partial charge in [-0.1, -0.05) is 28.1 Å². The molecule has 1 aromatic carbocycles. The molecule has 0 radical (unpaired) electrons. The molecule has 0 aromatic heterocycles. The summed E-state index contributed by atoms with van der Waals surface area (Å²) in [7, 11) is 4.58. The third kappa shape index (κ3) is 3.97. The lowest BCUT2D eigenvalue weighted by atomic mass is 9.96. The van der Waals surface area contributed by atoms with E-state index in [1.165, 1.54) is 12.8 Å². The molecule has 0 spiro atoms. The quantitative estimate of drug-likeness (QED) is 0.348. The molecule has 2 aliphatic heterocycles. The first-order chi connectivity index (χ1) is 10.9. The van der Waals surface area contributed by atoms with Gasteiger partial charge >= 0.3 is 5.97 Å². The van der Waals surface area contributed by atoms with Crippen LogP contribution in [0.3, 0.4) is 0 Å². The molecular formula is C18H25BrINO3. The third-order valence-corrected chi connectivity index (χ3v) is 6.34. The zero-order valence-electron chi connectivity index (χ0n) is 14.1. The summed E-state index contributed by atoms with van der Waals surface area (Å²) in [6, 6.07) is 8.66. The predicted octanol–water partition coefficient (Wildman–Crippen LogP) is -0.158. The molecule has 4 nitrogen and oxygen atoms in total. The van der Waals surface area contributed by atoms with Gasteiger partial charge in [0.05, 0.1) is 32.8 Å². The molecule has 2 bridgehead atoms. The topological polar surface area (TPSA) is 46.5 Å². The molecule has 2 aliphatic rings. The second-order valence-corrected chi connectivity index (χ2v) is 8.25. The molecule has 1 unspecified atom stereocenters. The van der Waals surface area contributed by atoms with Crippen LogP contribution < -0.4 is 24.0 Å². The minimum Gasteiger partial charge on any atom is -1.00 e. The van der Waals surface area contributed by atoms with Gasteiger partial charge in [-0.3, -0.25) is 4.79 Å². The van der Waals surface area contributed by atoms with Crippen molar-refractivity contribution in [1.82, 2.24) is 0 Å². The summed E-state index contributed by atoms with van der Waals surface area (Å²) in [5.41, 5.74) is 0.801. The van der Waals surface area contributed by atoms with Gasteiger partial charge in [0, 0.05) is 30.2 Å². The predicted molar refractivity (Wildman–Crippen MR) is 92.0 cm³/mol. The Morgan fingerprint density at radius 1 is 1.25 bits per heavy atom. The van der Waals surface area contributed by atoms with E-state index in [9.17, 15) is 9.90 Å². The smallest absolute Gasteiger partial charge is 0.316 e. The Bertz CT molecular complexity index is 562. The first-order valence-electron chi connectivity index (χ1n) is 8.32. The monoisotopic (exact) mass is 509 g/mol. The van der Waals surface area contributed by atoms with Crippen LogP contribution in [0.1, 0.15) is 37.2 Å². The van der Waals surface area contributed by atoms with Gasteiger partial charge in [-0.2, -0.15) is 0 Å². The number of carbonyl (C=O) groups is 1. The molecule has 3 rings (SSSR count). The van der Waals surface area contributed by atoms with Crippen LogP contribution in [0, 0.1) is 0 Å². The summed E-state index contributed by atoms with van der Waals surface area (Å²) in [4.78, 5) is 12.5. The van der Waals surface area contributed by atoms with Gasteiger partial charge < -0.3 is 38.3 Å². The number of carbonyl (C=O) groups excluding carboxylic acids is 1. The molecule has 1 N–H and O–H groups in total. The minimum absolute atomic E-state index is 0. The lowest BCUT2D eigenvalue weighted by molar-refractivity contribution is -0.931. The lowest BCUT2D eigenvalue weighted by Crippen LogP contribution is -3.00. The summed E-state index contributed by atoms with van der Waals surface area (Å²) >= 11 is 3.38. The summed E-state index contributed by atoms with van der Waals surface area (Å²) in [5.74, 6) is -0.892. The van der Waals surface area contributed by atoms with Gasteiger partial charge in [-0.15, -0.1) is 0 Å². The number of aliphatic hydroxyl groups excluding tert-OH is 1. The van der Waals surface area contributed by atoms with Gasteiger partial charge in [0.25, 0.3) is 0 Å². The largest absolute Gasteiger partial charge is 1.00 e. The number of nitrogens with zero attached hydrogens (tertiary/aromatic N) is 1. The number of halogens is 2. The highest BCUT2D eigenvalue weighted by Gasteiger charge is 2.50. The van der Waals surface area contributed by atoms with Crippen molar-refractivity contribution >= 4 is 21.9 Å². The highest BCUT2D eigenvalue weighted by molar-refractivity contribution is 9.10. The maximum atomic E-state index is 12.5. The van der Waals surface area contributed by atoms with E-state index < -0.39 is 5.92 Å². The number of piperidine rings is 1. The van der Waals surface area contributed by atoms with Crippen LogP contribution in [0.25, 0.3) is 0 Å². The standard InChI is InChI=1S/C18H25BrNO3.HI/c1-20(2)14-7-8-15(20)10-16(9-14)23-18(22)17(11-21)12-3-5-13(19)6-4-12;/h3-6,14-17,21H,7-11H2,1-2H3;1H/q+1;/p-1/t14-,15+,16?,17-;/m0./s1. The Morgan fingerprint density at radius 3 is 2.29 bits per heavy atom. The van der Waals surface area contributed by atoms with E-state index in [-0.39, 0.29) is 42.7 Å². The average Bonchev–Trinajstić information content (AvgIpc) is 2.67. The van der Waals surface area contributed by atoms with E-state index in [0.717, 1.165) is 27.4 Å². The number of rotatable bonds is 4. The van der Waals surface area contributed by atoms with Crippen LogP contribution >= 0.6 is 15.9 Å². The van der Waals surface area contributed by atoms with Crippen molar-refractivity contribution in [1.29, 1.82) is 0 Å². The van der Waals surface area contributed by atoms with Gasteiger partial charge in [0.2, 0.25) is 0 Å². The Labute approximate surface area is 169 Å². The summed E-state index contributed by atoms with van der Waals surface area (Å²) in [6.45, 7) is -0.221. The molecule has 4 atom stereocenters. The van der Waals surface area contributed by atoms with E-state index in [0.29, 0.717) is 12.1 Å². The van der Waals surface area contributed by atoms with Crippen LogP contribution in [-0.2, 0) is 9.53 Å². The number of ether oxygens (including phenoxy) is 1. The van der Waals surface area contributed by atoms with Crippen molar-refractivity contribution in [2.24, 2.45) is 0 Å². The molecule has 24 heavy (non-hydrogen) atoms. The van der Waals surface area contributed by atoms with Crippen LogP contribution in [0.4, 0.5) is 0 Å². The molecule has 2 heterocycles. The minimum atomic E-state index is -0.592. The van der Waals surface area contributed by atoms with Crippen molar-refractivity contribution < 1.29 is 43.1 Å². The summed E-state index contributed by atoms with van der Waals surface area (Å²) < 4.78 is 7.80. The number of aliphatic hydroxyl groups is 1. The summed E-state index contributed by atoms with van der Waals surface area (Å²) in [6.07, 6.45) is 4.32. The number of quaternary nitrogens is 1. The fraction of sp³-hybridized carbons (Fsp3) is 0.611. The Balaban J connectivity index is 0.00000208. The van der Waals surface area contributed by atoms with Gasteiger partial charge in [0.1, 0.15) is 12.0 Å². The second kappa shape index (κ2) is 8.01. The first-order valence-corrected chi connectivity index (χ1v) is 9.11. The molecular weight excluding hydrogens is 485 g/mol. The zero-order valence-corrected chi connectivity index (χ0v) is 17.9. The highest BCUT2D eigenvalue weighted by Crippen LogP contribution is 2.40. The lowest BCUT2D eigenvalue weighted by Gasteiger charge is -2.44. The molecule has 134 valence electrons. The molecule has 2 saturated heterocycles. The molecule has 2 fully saturated rings. The molecule has 6 heteroatoms. The maximum absolute atomic E-state index is 12.5.